The summed E-state index contributed by atoms with van der Waals surface area (Å²) < 4.78 is 15.3. The molecular formula is C14H19NO6. The first-order valence-corrected chi connectivity index (χ1v) is 6.47. The lowest BCUT2D eigenvalue weighted by Crippen LogP contribution is -2.26. The fourth-order valence-corrected chi connectivity index (χ4v) is 1.25. The van der Waals surface area contributed by atoms with Crippen molar-refractivity contribution in [3.63, 3.8) is 0 Å². The van der Waals surface area contributed by atoms with Crippen LogP contribution in [0, 0.1) is 0 Å². The van der Waals surface area contributed by atoms with Crippen molar-refractivity contribution in [2.24, 2.45) is 0 Å². The Morgan fingerprint density at radius 2 is 1.86 bits per heavy atom. The van der Waals surface area contributed by atoms with E-state index in [9.17, 15) is 9.59 Å². The molecule has 0 aliphatic heterocycles. The van der Waals surface area contributed by atoms with Gasteiger partial charge in [-0.1, -0.05) is 6.92 Å². The van der Waals surface area contributed by atoms with Crippen molar-refractivity contribution >= 4 is 11.9 Å². The number of carbonyl (C=O) groups is 2. The molecule has 1 rings (SSSR count). The maximum atomic E-state index is 11.6. The predicted molar refractivity (Wildman–Crippen MR) is 73.6 cm³/mol. The van der Waals surface area contributed by atoms with Gasteiger partial charge >= 0.3 is 5.97 Å². The number of methoxy groups -OCH3 is 1. The minimum atomic E-state index is -0.503. The third kappa shape index (κ3) is 6.73. The van der Waals surface area contributed by atoms with Gasteiger partial charge in [0.25, 0.3) is 5.91 Å². The van der Waals surface area contributed by atoms with E-state index < -0.39 is 11.9 Å². The molecule has 0 saturated carbocycles. The number of rotatable bonds is 8. The molecule has 0 heterocycles. The second-order valence-corrected chi connectivity index (χ2v) is 3.95. The highest BCUT2D eigenvalue weighted by molar-refractivity contribution is 5.94. The van der Waals surface area contributed by atoms with Gasteiger partial charge in [0.05, 0.1) is 13.2 Å². The van der Waals surface area contributed by atoms with Crippen molar-refractivity contribution in [3.05, 3.63) is 29.8 Å². The van der Waals surface area contributed by atoms with Crippen LogP contribution in [0.15, 0.2) is 24.3 Å². The zero-order chi connectivity index (χ0) is 15.5. The van der Waals surface area contributed by atoms with E-state index in [0.717, 1.165) is 0 Å². The molecule has 0 unspecified atom stereocenters. The molecule has 0 saturated heterocycles. The summed E-state index contributed by atoms with van der Waals surface area (Å²) in [5.74, 6) is -0.439. The summed E-state index contributed by atoms with van der Waals surface area (Å²) in [6.45, 7) is 2.68. The minimum Gasteiger partial charge on any atom is -0.468 e. The number of amides is 1. The van der Waals surface area contributed by atoms with Gasteiger partial charge in [-0.2, -0.15) is 5.48 Å². The van der Waals surface area contributed by atoms with Crippen molar-refractivity contribution in [2.45, 2.75) is 13.3 Å². The van der Waals surface area contributed by atoms with Gasteiger partial charge in [0, 0.05) is 19.1 Å². The number of benzene rings is 1. The van der Waals surface area contributed by atoms with E-state index in [1.165, 1.54) is 0 Å². The summed E-state index contributed by atoms with van der Waals surface area (Å²) in [5.41, 5.74) is 2.42. The summed E-state index contributed by atoms with van der Waals surface area (Å²) in [6, 6.07) is 6.35. The lowest BCUT2D eigenvalue weighted by Gasteiger charge is -2.08. The van der Waals surface area contributed by atoms with Gasteiger partial charge in [-0.3, -0.25) is 4.79 Å². The first-order chi connectivity index (χ1) is 10.2. The fraction of sp³-hybridized carbons (Fsp3) is 0.429. The molecule has 7 heteroatoms. The maximum absolute atomic E-state index is 11.6. The number of ether oxygens (including phenoxy) is 3. The predicted octanol–water partition coefficient (Wildman–Crippen LogP) is 1.28. The number of hydrogen-bond donors (Lipinski definition) is 1. The van der Waals surface area contributed by atoms with Gasteiger partial charge in [0.1, 0.15) is 5.75 Å². The Morgan fingerprint density at radius 3 is 2.48 bits per heavy atom. The van der Waals surface area contributed by atoms with Crippen LogP contribution < -0.4 is 10.2 Å². The van der Waals surface area contributed by atoms with Crippen LogP contribution in [0.1, 0.15) is 23.7 Å². The second kappa shape index (κ2) is 9.73. The third-order valence-corrected chi connectivity index (χ3v) is 2.40. The topological polar surface area (TPSA) is 83.1 Å². The molecule has 0 bridgehead atoms. The maximum Gasteiger partial charge on any atom is 0.331 e. The van der Waals surface area contributed by atoms with Crippen LogP contribution in [-0.2, 0) is 19.1 Å². The highest BCUT2D eigenvalue weighted by Gasteiger charge is 2.08. The van der Waals surface area contributed by atoms with Crippen LogP contribution in [0.3, 0.4) is 0 Å². The van der Waals surface area contributed by atoms with E-state index in [1.807, 2.05) is 0 Å². The van der Waals surface area contributed by atoms with Gasteiger partial charge in [0.2, 0.25) is 0 Å². The average molecular weight is 297 g/mol. The average Bonchev–Trinajstić information content (AvgIpc) is 2.52. The fourth-order valence-electron chi connectivity index (χ4n) is 1.25. The summed E-state index contributed by atoms with van der Waals surface area (Å²) in [7, 11) is 1.59. The van der Waals surface area contributed by atoms with E-state index in [0.29, 0.717) is 24.5 Å². The van der Waals surface area contributed by atoms with Crippen LogP contribution in [0.2, 0.25) is 0 Å². The molecule has 0 radical (unpaired) electrons. The largest absolute Gasteiger partial charge is 0.468 e. The van der Waals surface area contributed by atoms with Crippen molar-refractivity contribution in [1.29, 1.82) is 0 Å². The SMILES string of the molecule is CCC(=O)ONC(=O)c1ccc(OCOCCOC)cc1. The Hall–Kier alpha value is -2.12. The molecule has 1 aromatic carbocycles. The van der Waals surface area contributed by atoms with E-state index in [1.54, 1.807) is 38.3 Å². The first kappa shape index (κ1) is 16.9. The first-order valence-electron chi connectivity index (χ1n) is 6.47. The monoisotopic (exact) mass is 297 g/mol. The Bertz CT molecular complexity index is 445. The normalized spacial score (nSPS) is 10.0. The van der Waals surface area contributed by atoms with Crippen molar-refractivity contribution < 1.29 is 28.6 Å². The summed E-state index contributed by atoms with van der Waals surface area (Å²) in [6.07, 6.45) is 0.191. The van der Waals surface area contributed by atoms with Crippen molar-refractivity contribution in [3.8, 4) is 5.75 Å². The lowest BCUT2D eigenvalue weighted by atomic mass is 10.2. The lowest BCUT2D eigenvalue weighted by molar-refractivity contribution is -0.148. The summed E-state index contributed by atoms with van der Waals surface area (Å²) in [4.78, 5) is 27.1. The molecule has 7 nitrogen and oxygen atoms in total. The zero-order valence-electron chi connectivity index (χ0n) is 12.1. The second-order valence-electron chi connectivity index (χ2n) is 3.95. The van der Waals surface area contributed by atoms with Crippen LogP contribution in [0.5, 0.6) is 5.75 Å². The van der Waals surface area contributed by atoms with Gasteiger partial charge in [-0.05, 0) is 24.3 Å². The molecule has 1 amide bonds. The zero-order valence-corrected chi connectivity index (χ0v) is 12.1. The third-order valence-electron chi connectivity index (χ3n) is 2.40. The van der Waals surface area contributed by atoms with E-state index in [2.05, 4.69) is 10.3 Å². The molecule has 0 fully saturated rings. The quantitative estimate of drug-likeness (QED) is 0.442. The highest BCUT2D eigenvalue weighted by Crippen LogP contribution is 2.12. The Balaban J connectivity index is 2.35. The molecule has 0 spiro atoms. The Labute approximate surface area is 123 Å². The van der Waals surface area contributed by atoms with Crippen LogP contribution in [0.4, 0.5) is 0 Å². The molecule has 0 aromatic heterocycles. The molecule has 1 N–H and O–H groups in total. The van der Waals surface area contributed by atoms with E-state index in [-0.39, 0.29) is 13.2 Å². The van der Waals surface area contributed by atoms with Crippen LogP contribution in [0.25, 0.3) is 0 Å². The molecular weight excluding hydrogens is 278 g/mol. The number of carbonyl (C=O) groups excluding carboxylic acids is 2. The van der Waals surface area contributed by atoms with Crippen LogP contribution in [-0.4, -0.2) is 39.0 Å². The molecule has 0 atom stereocenters. The Kier molecular flexibility index (Phi) is 7.85. The summed E-state index contributed by atoms with van der Waals surface area (Å²) in [5, 5.41) is 0. The summed E-state index contributed by atoms with van der Waals surface area (Å²) >= 11 is 0. The van der Waals surface area contributed by atoms with Gasteiger partial charge < -0.3 is 19.0 Å². The van der Waals surface area contributed by atoms with Gasteiger partial charge in [-0.15, -0.1) is 0 Å². The number of hydroxylamine groups is 1. The van der Waals surface area contributed by atoms with Crippen LogP contribution >= 0.6 is 0 Å². The number of nitrogens with one attached hydrogen (secondary N) is 1. The molecule has 0 aliphatic rings. The molecule has 1 aromatic rings. The Morgan fingerprint density at radius 1 is 1.14 bits per heavy atom. The van der Waals surface area contributed by atoms with Gasteiger partial charge in [0.15, 0.2) is 6.79 Å². The highest BCUT2D eigenvalue weighted by atomic mass is 16.7. The molecule has 0 aliphatic carbocycles. The number of hydrogen-bond acceptors (Lipinski definition) is 6. The van der Waals surface area contributed by atoms with E-state index in [4.69, 9.17) is 14.2 Å². The standard InChI is InChI=1S/C14H19NO6/c1-3-13(16)21-15-14(17)11-4-6-12(7-5-11)20-10-19-9-8-18-2/h4-7H,3,8-10H2,1-2H3,(H,15,17). The van der Waals surface area contributed by atoms with E-state index >= 15 is 0 Å². The van der Waals surface area contributed by atoms with Crippen molar-refractivity contribution in [2.75, 3.05) is 27.1 Å². The van der Waals surface area contributed by atoms with Crippen molar-refractivity contribution in [1.82, 2.24) is 5.48 Å². The minimum absolute atomic E-state index is 0.100. The van der Waals surface area contributed by atoms with Gasteiger partial charge in [-0.25, -0.2) is 4.79 Å². The smallest absolute Gasteiger partial charge is 0.331 e. The molecule has 21 heavy (non-hydrogen) atoms. The molecule has 116 valence electrons.